The van der Waals surface area contributed by atoms with Crippen LogP contribution in [0.3, 0.4) is 0 Å². The third-order valence-corrected chi connectivity index (χ3v) is 5.52. The number of ether oxygens (including phenoxy) is 1. The Labute approximate surface area is 125 Å². The second-order valence-electron chi connectivity index (χ2n) is 6.82. The first-order valence-corrected chi connectivity index (χ1v) is 8.12. The molecule has 2 heterocycles. The van der Waals surface area contributed by atoms with Gasteiger partial charge in [-0.05, 0) is 31.1 Å². The molecule has 21 heavy (non-hydrogen) atoms. The van der Waals surface area contributed by atoms with E-state index in [4.69, 9.17) is 4.74 Å². The Hall–Kier alpha value is -1.36. The van der Waals surface area contributed by atoms with Crippen molar-refractivity contribution in [1.29, 1.82) is 0 Å². The molecule has 1 aromatic rings. The molecule has 1 aromatic heterocycles. The molecule has 2 saturated carbocycles. The Morgan fingerprint density at radius 1 is 1.43 bits per heavy atom. The van der Waals surface area contributed by atoms with Gasteiger partial charge in [0.25, 0.3) is 0 Å². The van der Waals surface area contributed by atoms with Gasteiger partial charge in [0.05, 0.1) is 12.3 Å². The molecule has 114 valence electrons. The molecule has 2 unspecified atom stereocenters. The molecule has 4 rings (SSSR count). The number of hydrogen-bond donors (Lipinski definition) is 1. The molecule has 2 aliphatic carbocycles. The number of aryl methyl sites for hydroxylation is 1. The molecule has 0 radical (unpaired) electrons. The van der Waals surface area contributed by atoms with Crippen LogP contribution in [0.15, 0.2) is 12.4 Å². The first-order valence-electron chi connectivity index (χ1n) is 8.12. The molecule has 1 amide bonds. The Morgan fingerprint density at radius 3 is 2.95 bits per heavy atom. The van der Waals surface area contributed by atoms with E-state index in [1.807, 2.05) is 19.4 Å². The monoisotopic (exact) mass is 289 g/mol. The van der Waals surface area contributed by atoms with E-state index in [2.05, 4.69) is 10.4 Å². The van der Waals surface area contributed by atoms with E-state index in [0.717, 1.165) is 25.1 Å². The highest BCUT2D eigenvalue weighted by Crippen LogP contribution is 2.57. The molecule has 3 fully saturated rings. The number of aromatic nitrogens is 2. The van der Waals surface area contributed by atoms with Crippen molar-refractivity contribution in [3.63, 3.8) is 0 Å². The van der Waals surface area contributed by atoms with E-state index in [1.165, 1.54) is 19.3 Å². The third kappa shape index (κ3) is 2.37. The second-order valence-corrected chi connectivity index (χ2v) is 6.82. The van der Waals surface area contributed by atoms with Crippen LogP contribution in [0.1, 0.15) is 37.4 Å². The summed E-state index contributed by atoms with van der Waals surface area (Å²) >= 11 is 0. The zero-order chi connectivity index (χ0) is 14.4. The molecule has 1 saturated heterocycles. The summed E-state index contributed by atoms with van der Waals surface area (Å²) in [5.41, 5.74) is 1.12. The topological polar surface area (TPSA) is 56.1 Å². The lowest BCUT2D eigenvalue weighted by molar-refractivity contribution is -0.123. The Morgan fingerprint density at radius 2 is 2.24 bits per heavy atom. The van der Waals surface area contributed by atoms with E-state index >= 15 is 0 Å². The standard InChI is InChI=1S/C16H23N3O2/c1-19-9-11(8-18-19)15-10(5-6-21-15)7-17-16(20)14-12-3-2-4-13(12)14/h8-10,12-15H,2-7H2,1H3,(H,17,20)/t10-,12?,13?,14?,15+/m0/s1. The van der Waals surface area contributed by atoms with Gasteiger partial charge >= 0.3 is 0 Å². The molecule has 4 atom stereocenters. The third-order valence-electron chi connectivity index (χ3n) is 5.52. The largest absolute Gasteiger partial charge is 0.373 e. The molecular formula is C16H23N3O2. The van der Waals surface area contributed by atoms with Crippen LogP contribution in [0.25, 0.3) is 0 Å². The van der Waals surface area contributed by atoms with Crippen LogP contribution in [0, 0.1) is 23.7 Å². The summed E-state index contributed by atoms with van der Waals surface area (Å²) in [7, 11) is 1.92. The normalized spacial score (nSPS) is 37.5. The van der Waals surface area contributed by atoms with E-state index in [-0.39, 0.29) is 12.0 Å². The minimum Gasteiger partial charge on any atom is -0.373 e. The fourth-order valence-electron chi connectivity index (χ4n) is 4.36. The highest BCUT2D eigenvalue weighted by molar-refractivity contribution is 5.82. The van der Waals surface area contributed by atoms with E-state index in [9.17, 15) is 4.79 Å². The van der Waals surface area contributed by atoms with Gasteiger partial charge in [0.1, 0.15) is 0 Å². The quantitative estimate of drug-likeness (QED) is 0.917. The van der Waals surface area contributed by atoms with Gasteiger partial charge < -0.3 is 10.1 Å². The zero-order valence-corrected chi connectivity index (χ0v) is 12.5. The van der Waals surface area contributed by atoms with Crippen molar-refractivity contribution >= 4 is 5.91 Å². The van der Waals surface area contributed by atoms with E-state index in [1.54, 1.807) is 4.68 Å². The minimum atomic E-state index is 0.0812. The zero-order valence-electron chi connectivity index (χ0n) is 12.5. The number of rotatable bonds is 4. The molecule has 1 N–H and O–H groups in total. The maximum atomic E-state index is 12.3. The Bertz CT molecular complexity index is 531. The van der Waals surface area contributed by atoms with Gasteiger partial charge in [0.15, 0.2) is 0 Å². The van der Waals surface area contributed by atoms with Crippen LogP contribution < -0.4 is 5.32 Å². The van der Waals surface area contributed by atoms with Gasteiger partial charge in [-0.15, -0.1) is 0 Å². The van der Waals surface area contributed by atoms with Crippen LogP contribution in [0.4, 0.5) is 0 Å². The number of carbonyl (C=O) groups excluding carboxylic acids is 1. The summed E-state index contributed by atoms with van der Waals surface area (Å²) in [4.78, 5) is 12.3. The highest BCUT2D eigenvalue weighted by atomic mass is 16.5. The smallest absolute Gasteiger partial charge is 0.223 e. The fraction of sp³-hybridized carbons (Fsp3) is 0.750. The first kappa shape index (κ1) is 13.3. The first-order chi connectivity index (χ1) is 10.2. The lowest BCUT2D eigenvalue weighted by Crippen LogP contribution is -2.32. The van der Waals surface area contributed by atoms with Crippen LogP contribution >= 0.6 is 0 Å². The van der Waals surface area contributed by atoms with Crippen molar-refractivity contribution in [3.8, 4) is 0 Å². The number of amides is 1. The lowest BCUT2D eigenvalue weighted by atomic mass is 9.97. The van der Waals surface area contributed by atoms with Crippen LogP contribution in [-0.2, 0) is 16.6 Å². The van der Waals surface area contributed by atoms with Gasteiger partial charge in [-0.1, -0.05) is 6.42 Å². The van der Waals surface area contributed by atoms with Crippen molar-refractivity contribution in [2.75, 3.05) is 13.2 Å². The summed E-state index contributed by atoms with van der Waals surface area (Å²) in [6, 6.07) is 0. The number of hydrogen-bond acceptors (Lipinski definition) is 3. The number of carbonyl (C=O) groups is 1. The summed E-state index contributed by atoms with van der Waals surface area (Å²) in [6.07, 6.45) is 8.81. The summed E-state index contributed by atoms with van der Waals surface area (Å²) < 4.78 is 7.65. The molecule has 1 aliphatic heterocycles. The van der Waals surface area contributed by atoms with Crippen LogP contribution in [0.2, 0.25) is 0 Å². The fourth-order valence-corrected chi connectivity index (χ4v) is 4.36. The lowest BCUT2D eigenvalue weighted by Gasteiger charge is -2.18. The van der Waals surface area contributed by atoms with Gasteiger partial charge in [-0.25, -0.2) is 0 Å². The average Bonchev–Trinajstić information content (AvgIpc) is 2.95. The van der Waals surface area contributed by atoms with Gasteiger partial charge in [-0.3, -0.25) is 9.48 Å². The van der Waals surface area contributed by atoms with Crippen molar-refractivity contribution in [3.05, 3.63) is 18.0 Å². The molecule has 0 bridgehead atoms. The average molecular weight is 289 g/mol. The van der Waals surface area contributed by atoms with Gasteiger partial charge in [-0.2, -0.15) is 5.10 Å². The maximum Gasteiger partial charge on any atom is 0.223 e. The van der Waals surface area contributed by atoms with Crippen molar-refractivity contribution in [1.82, 2.24) is 15.1 Å². The SMILES string of the molecule is Cn1cc([C@@H]2OCC[C@H]2CNC(=O)C2C3CCCC32)cn1. The Kier molecular flexibility index (Phi) is 3.25. The van der Waals surface area contributed by atoms with Crippen LogP contribution in [-0.4, -0.2) is 28.8 Å². The van der Waals surface area contributed by atoms with E-state index in [0.29, 0.717) is 23.7 Å². The van der Waals surface area contributed by atoms with Gasteiger partial charge in [0.2, 0.25) is 5.91 Å². The highest BCUT2D eigenvalue weighted by Gasteiger charge is 2.56. The van der Waals surface area contributed by atoms with Crippen molar-refractivity contribution < 1.29 is 9.53 Å². The van der Waals surface area contributed by atoms with Crippen molar-refractivity contribution in [2.24, 2.45) is 30.7 Å². The van der Waals surface area contributed by atoms with Crippen molar-refractivity contribution in [2.45, 2.75) is 31.8 Å². The summed E-state index contributed by atoms with van der Waals surface area (Å²) in [5, 5.41) is 7.39. The van der Waals surface area contributed by atoms with Crippen LogP contribution in [0.5, 0.6) is 0 Å². The summed E-state index contributed by atoms with van der Waals surface area (Å²) in [6.45, 7) is 1.50. The molecule has 5 heteroatoms. The maximum absolute atomic E-state index is 12.3. The number of nitrogens with one attached hydrogen (secondary N) is 1. The molecule has 5 nitrogen and oxygen atoms in total. The molecule has 0 aromatic carbocycles. The van der Waals surface area contributed by atoms with E-state index < -0.39 is 0 Å². The predicted molar refractivity (Wildman–Crippen MR) is 77.3 cm³/mol. The predicted octanol–water partition coefficient (Wildman–Crippen LogP) is 1.66. The molecule has 0 spiro atoms. The minimum absolute atomic E-state index is 0.0812. The molecule has 3 aliphatic rings. The Balaban J connectivity index is 1.33. The second kappa shape index (κ2) is 5.13. The molecular weight excluding hydrogens is 266 g/mol. The number of fused-ring (bicyclic) bond motifs is 1. The summed E-state index contributed by atoms with van der Waals surface area (Å²) in [5.74, 6) is 2.36. The number of nitrogens with zero attached hydrogens (tertiary/aromatic N) is 2. The van der Waals surface area contributed by atoms with Gasteiger partial charge in [0, 0.05) is 43.8 Å².